The van der Waals surface area contributed by atoms with Gasteiger partial charge in [0.25, 0.3) is 5.69 Å². The molecule has 1 unspecified atom stereocenters. The van der Waals surface area contributed by atoms with Gasteiger partial charge in [0, 0.05) is 30.8 Å². The summed E-state index contributed by atoms with van der Waals surface area (Å²) in [4.78, 5) is 10.3. The third-order valence-electron chi connectivity index (χ3n) is 3.19. The molecule has 9 heteroatoms. The number of morpholine rings is 1. The second kappa shape index (κ2) is 5.38. The van der Waals surface area contributed by atoms with Gasteiger partial charge < -0.3 is 13.8 Å². The Balaban J connectivity index is 1.84. The predicted octanol–water partition coefficient (Wildman–Crippen LogP) is 2.06. The van der Waals surface area contributed by atoms with E-state index in [-0.39, 0.29) is 12.3 Å². The van der Waals surface area contributed by atoms with Crippen LogP contribution in [0.3, 0.4) is 0 Å². The Labute approximate surface area is 120 Å². The average molecular weight is 316 g/mol. The molecule has 0 radical (unpaired) electrons. The zero-order valence-electron chi connectivity index (χ0n) is 10.6. The third kappa shape index (κ3) is 2.57. The van der Waals surface area contributed by atoms with Crippen LogP contribution in [0.15, 0.2) is 18.2 Å². The van der Waals surface area contributed by atoms with Crippen molar-refractivity contribution in [1.82, 2.24) is 4.67 Å². The van der Waals surface area contributed by atoms with E-state index in [0.717, 1.165) is 0 Å². The van der Waals surface area contributed by atoms with E-state index in [1.165, 1.54) is 12.1 Å². The molecule has 2 aliphatic heterocycles. The molecule has 2 aliphatic rings. The fourth-order valence-corrected chi connectivity index (χ4v) is 4.72. The minimum Gasteiger partial charge on any atom is -0.432 e. The van der Waals surface area contributed by atoms with Crippen molar-refractivity contribution in [2.45, 2.75) is 6.61 Å². The maximum Gasteiger partial charge on any atom is 0.315 e. The van der Waals surface area contributed by atoms with Gasteiger partial charge in [-0.25, -0.2) is 4.67 Å². The molecule has 2 heterocycles. The summed E-state index contributed by atoms with van der Waals surface area (Å²) < 4.78 is 18.8. The lowest BCUT2D eigenvalue weighted by molar-refractivity contribution is -0.385. The fraction of sp³-hybridized carbons (Fsp3) is 0.455. The SMILES string of the molecule is O=[N+]([O-])c1ccc2c(c1)COP(=S)(N1CCOCC1)O2. The molecule has 0 saturated carbocycles. The summed E-state index contributed by atoms with van der Waals surface area (Å²) in [7, 11) is 0. The Hall–Kier alpha value is -1.05. The van der Waals surface area contributed by atoms with E-state index in [4.69, 9.17) is 25.6 Å². The van der Waals surface area contributed by atoms with Gasteiger partial charge in [-0.05, 0) is 17.9 Å². The predicted molar refractivity (Wildman–Crippen MR) is 75.2 cm³/mol. The molecule has 1 saturated heterocycles. The van der Waals surface area contributed by atoms with Gasteiger partial charge in [0.05, 0.1) is 24.7 Å². The number of benzene rings is 1. The Bertz CT molecular complexity index is 590. The number of nitrogens with zero attached hydrogens (tertiary/aromatic N) is 2. The highest BCUT2D eigenvalue weighted by molar-refractivity contribution is 8.08. The molecule has 1 aromatic carbocycles. The van der Waals surface area contributed by atoms with Crippen LogP contribution in [0.5, 0.6) is 5.75 Å². The summed E-state index contributed by atoms with van der Waals surface area (Å²) in [5.74, 6) is 0.580. The second-order valence-corrected chi connectivity index (χ2v) is 7.78. The lowest BCUT2D eigenvalue weighted by Crippen LogP contribution is -2.36. The highest BCUT2D eigenvalue weighted by Gasteiger charge is 2.35. The maximum atomic E-state index is 10.7. The van der Waals surface area contributed by atoms with Crippen LogP contribution >= 0.6 is 6.64 Å². The molecule has 0 amide bonds. The molecular weight excluding hydrogens is 303 g/mol. The lowest BCUT2D eigenvalue weighted by Gasteiger charge is -2.38. The van der Waals surface area contributed by atoms with Crippen LogP contribution in [-0.4, -0.2) is 35.9 Å². The Kier molecular flexibility index (Phi) is 3.74. The summed E-state index contributed by atoms with van der Waals surface area (Å²) >= 11 is 5.54. The number of fused-ring (bicyclic) bond motifs is 1. The van der Waals surface area contributed by atoms with Gasteiger partial charge in [-0.15, -0.1) is 0 Å². The minimum absolute atomic E-state index is 0.0255. The Morgan fingerprint density at radius 3 is 2.80 bits per heavy atom. The van der Waals surface area contributed by atoms with Crippen LogP contribution in [0.2, 0.25) is 0 Å². The minimum atomic E-state index is -2.54. The molecule has 1 atom stereocenters. The number of hydrogen-bond donors (Lipinski definition) is 0. The first kappa shape index (κ1) is 13.9. The van der Waals surface area contributed by atoms with Gasteiger partial charge in [-0.3, -0.25) is 10.1 Å². The quantitative estimate of drug-likeness (QED) is 0.469. The van der Waals surface area contributed by atoms with Crippen molar-refractivity contribution < 1.29 is 18.7 Å². The Morgan fingerprint density at radius 2 is 2.10 bits per heavy atom. The van der Waals surface area contributed by atoms with Crippen LogP contribution in [0.4, 0.5) is 5.69 Å². The van der Waals surface area contributed by atoms with Crippen molar-refractivity contribution in [3.8, 4) is 5.75 Å². The monoisotopic (exact) mass is 316 g/mol. The maximum absolute atomic E-state index is 10.7. The summed E-state index contributed by atoms with van der Waals surface area (Å²) in [6, 6.07) is 4.48. The van der Waals surface area contributed by atoms with Crippen molar-refractivity contribution in [2.24, 2.45) is 0 Å². The van der Waals surface area contributed by atoms with E-state index in [2.05, 4.69) is 0 Å². The van der Waals surface area contributed by atoms with E-state index in [9.17, 15) is 10.1 Å². The van der Waals surface area contributed by atoms with Crippen LogP contribution in [0.1, 0.15) is 5.56 Å². The molecule has 0 N–H and O–H groups in total. The van der Waals surface area contributed by atoms with Gasteiger partial charge >= 0.3 is 6.64 Å². The number of rotatable bonds is 2. The Morgan fingerprint density at radius 1 is 1.35 bits per heavy atom. The lowest BCUT2D eigenvalue weighted by atomic mass is 10.2. The van der Waals surface area contributed by atoms with Crippen molar-refractivity contribution in [3.05, 3.63) is 33.9 Å². The van der Waals surface area contributed by atoms with Crippen LogP contribution in [-0.2, 0) is 27.7 Å². The molecule has 0 aromatic heterocycles. The van der Waals surface area contributed by atoms with Crippen LogP contribution in [0, 0.1) is 10.1 Å². The molecular formula is C11H13N2O5PS. The van der Waals surface area contributed by atoms with Crippen molar-refractivity contribution in [1.29, 1.82) is 0 Å². The standard InChI is InChI=1S/C11H13N2O5PS/c14-13(15)10-1-2-11-9(7-10)8-17-19(20,18-11)12-3-5-16-6-4-12/h1-2,7H,3-6,8H2. The molecule has 3 rings (SSSR count). The molecule has 1 fully saturated rings. The molecule has 0 bridgehead atoms. The summed E-state index contributed by atoms with van der Waals surface area (Å²) in [5, 5.41) is 10.7. The number of nitro groups is 1. The van der Waals surface area contributed by atoms with Gasteiger partial charge in [0.1, 0.15) is 5.75 Å². The van der Waals surface area contributed by atoms with Gasteiger partial charge in [0.2, 0.25) is 0 Å². The van der Waals surface area contributed by atoms with Crippen LogP contribution < -0.4 is 4.52 Å². The summed E-state index contributed by atoms with van der Waals surface area (Å²) in [6.07, 6.45) is 0. The zero-order valence-corrected chi connectivity index (χ0v) is 12.3. The van der Waals surface area contributed by atoms with E-state index >= 15 is 0 Å². The van der Waals surface area contributed by atoms with Gasteiger partial charge in [-0.1, -0.05) is 0 Å². The van der Waals surface area contributed by atoms with Crippen LogP contribution in [0.25, 0.3) is 0 Å². The summed E-state index contributed by atoms with van der Waals surface area (Å²) in [5.41, 5.74) is 0.686. The first-order valence-electron chi connectivity index (χ1n) is 6.13. The molecule has 1 aromatic rings. The van der Waals surface area contributed by atoms with Crippen molar-refractivity contribution in [2.75, 3.05) is 26.3 Å². The van der Waals surface area contributed by atoms with Gasteiger partial charge in [-0.2, -0.15) is 0 Å². The van der Waals surface area contributed by atoms with Gasteiger partial charge in [0.15, 0.2) is 0 Å². The smallest absolute Gasteiger partial charge is 0.315 e. The first-order chi connectivity index (χ1) is 9.58. The summed E-state index contributed by atoms with van der Waals surface area (Å²) in [6.45, 7) is 0.278. The molecule has 0 spiro atoms. The fourth-order valence-electron chi connectivity index (χ4n) is 2.12. The first-order valence-corrected chi connectivity index (χ1v) is 8.72. The third-order valence-corrected chi connectivity index (χ3v) is 6.39. The molecule has 0 aliphatic carbocycles. The van der Waals surface area contributed by atoms with Crippen molar-refractivity contribution >= 4 is 24.1 Å². The number of non-ortho nitro benzene ring substituents is 1. The normalized spacial score (nSPS) is 26.6. The molecule has 20 heavy (non-hydrogen) atoms. The highest BCUT2D eigenvalue weighted by atomic mass is 32.5. The molecule has 7 nitrogen and oxygen atoms in total. The highest BCUT2D eigenvalue weighted by Crippen LogP contribution is 2.57. The van der Waals surface area contributed by atoms with E-state index in [1.807, 2.05) is 4.67 Å². The van der Waals surface area contributed by atoms with E-state index < -0.39 is 11.6 Å². The van der Waals surface area contributed by atoms with Crippen molar-refractivity contribution in [3.63, 3.8) is 0 Å². The number of ether oxygens (including phenoxy) is 1. The topological polar surface area (TPSA) is 74.1 Å². The zero-order chi connectivity index (χ0) is 14.2. The number of nitro benzene ring substituents is 1. The number of hydrogen-bond acceptors (Lipinski definition) is 6. The van der Waals surface area contributed by atoms with E-state index in [1.54, 1.807) is 6.07 Å². The molecule has 108 valence electrons. The second-order valence-electron chi connectivity index (χ2n) is 4.45. The van der Waals surface area contributed by atoms with E-state index in [0.29, 0.717) is 37.6 Å². The largest absolute Gasteiger partial charge is 0.432 e. The average Bonchev–Trinajstić information content (AvgIpc) is 2.47.